The zero-order valence-corrected chi connectivity index (χ0v) is 16.3. The van der Waals surface area contributed by atoms with Crippen LogP contribution in [0.25, 0.3) is 0 Å². The van der Waals surface area contributed by atoms with E-state index in [1.165, 1.54) is 25.9 Å². The molecule has 0 aliphatic carbocycles. The van der Waals surface area contributed by atoms with Crippen LogP contribution in [0.2, 0.25) is 0 Å². The lowest BCUT2D eigenvalue weighted by Gasteiger charge is -2.48. The van der Waals surface area contributed by atoms with Gasteiger partial charge < -0.3 is 19.6 Å². The van der Waals surface area contributed by atoms with Crippen LogP contribution in [-0.4, -0.2) is 89.4 Å². The van der Waals surface area contributed by atoms with Gasteiger partial charge in [-0.3, -0.25) is 4.90 Å². The van der Waals surface area contributed by atoms with Crippen LogP contribution in [0.5, 0.6) is 5.88 Å². The van der Waals surface area contributed by atoms with Crippen LogP contribution in [0.4, 0.5) is 5.82 Å². The molecule has 1 atom stereocenters. The minimum absolute atomic E-state index is 0.229. The van der Waals surface area contributed by atoms with Gasteiger partial charge in [-0.25, -0.2) is 9.97 Å². The second-order valence-corrected chi connectivity index (χ2v) is 7.63. The van der Waals surface area contributed by atoms with E-state index in [2.05, 4.69) is 38.5 Å². The zero-order chi connectivity index (χ0) is 18.5. The monoisotopic (exact) mass is 363 g/mol. The van der Waals surface area contributed by atoms with Gasteiger partial charge in [-0.1, -0.05) is 0 Å². The lowest BCUT2D eigenvalue weighted by molar-refractivity contribution is 0.0462. The Morgan fingerprint density at radius 3 is 2.62 bits per heavy atom. The third-order valence-corrected chi connectivity index (χ3v) is 5.85. The van der Waals surface area contributed by atoms with Crippen LogP contribution in [-0.2, 0) is 0 Å². The Hall–Kier alpha value is -1.44. The van der Waals surface area contributed by atoms with Crippen molar-refractivity contribution in [3.05, 3.63) is 12.4 Å². The highest BCUT2D eigenvalue weighted by Crippen LogP contribution is 2.26. The molecule has 1 aromatic heterocycles. The first-order valence-electron chi connectivity index (χ1n) is 9.84. The van der Waals surface area contributed by atoms with Crippen molar-refractivity contribution in [1.82, 2.24) is 19.8 Å². The summed E-state index contributed by atoms with van der Waals surface area (Å²) in [7, 11) is 1.63. The molecular formula is C19H33N5O2. The van der Waals surface area contributed by atoms with Crippen LogP contribution in [0.3, 0.4) is 0 Å². The Kier molecular flexibility index (Phi) is 6.67. The van der Waals surface area contributed by atoms with Crippen LogP contribution < -0.4 is 9.64 Å². The van der Waals surface area contributed by atoms with Gasteiger partial charge in [0.05, 0.1) is 7.11 Å². The maximum absolute atomic E-state index is 9.59. The zero-order valence-electron chi connectivity index (χ0n) is 16.3. The second kappa shape index (κ2) is 8.97. The molecule has 0 spiro atoms. The van der Waals surface area contributed by atoms with Crippen LogP contribution in [0.1, 0.15) is 33.1 Å². The minimum atomic E-state index is 0.229. The topological polar surface area (TPSA) is 65.0 Å². The van der Waals surface area contributed by atoms with Crippen molar-refractivity contribution in [2.75, 3.05) is 51.3 Å². The molecule has 1 aromatic rings. The Morgan fingerprint density at radius 2 is 1.96 bits per heavy atom. The second-order valence-electron chi connectivity index (χ2n) is 7.63. The van der Waals surface area contributed by atoms with E-state index in [4.69, 9.17) is 4.74 Å². The number of aliphatic hydroxyl groups is 1. The molecule has 1 N–H and O–H groups in total. The number of likely N-dealkylation sites (tertiary alicyclic amines) is 1. The van der Waals surface area contributed by atoms with Gasteiger partial charge in [-0.05, 0) is 46.2 Å². The Bertz CT molecular complexity index is 563. The maximum atomic E-state index is 9.59. The standard InChI is InChI=1S/C19H33N5O2/c1-15(2)22-7-4-16(5-8-22)24-10-9-23(13-17(24)6-11-25)18-12-19(26-3)21-14-20-18/h12,14-17,25H,4-11,13H2,1-3H3/t17-/m1/s1. The number of piperazine rings is 1. The summed E-state index contributed by atoms with van der Waals surface area (Å²) in [4.78, 5) is 16.0. The first kappa shape index (κ1) is 19.3. The SMILES string of the molecule is COc1cc(N2CCN(C3CCN(C(C)C)CC3)[C@H](CCO)C2)ncn1. The molecule has 2 fully saturated rings. The number of hydrogen-bond acceptors (Lipinski definition) is 7. The quantitative estimate of drug-likeness (QED) is 0.815. The molecular weight excluding hydrogens is 330 g/mol. The van der Waals surface area contributed by atoms with Crippen LogP contribution in [0, 0.1) is 0 Å². The van der Waals surface area contributed by atoms with Crippen LogP contribution >= 0.6 is 0 Å². The van der Waals surface area contributed by atoms with E-state index in [0.29, 0.717) is 24.0 Å². The molecule has 0 saturated carbocycles. The molecule has 3 rings (SSSR count). The number of piperidine rings is 1. The van der Waals surface area contributed by atoms with Gasteiger partial charge in [0, 0.05) is 50.4 Å². The van der Waals surface area contributed by atoms with Crippen molar-refractivity contribution >= 4 is 5.82 Å². The number of ether oxygens (including phenoxy) is 1. The van der Waals surface area contributed by atoms with Gasteiger partial charge in [-0.2, -0.15) is 0 Å². The van der Waals surface area contributed by atoms with E-state index >= 15 is 0 Å². The molecule has 0 bridgehead atoms. The summed E-state index contributed by atoms with van der Waals surface area (Å²) in [5.41, 5.74) is 0. The molecule has 0 unspecified atom stereocenters. The highest BCUT2D eigenvalue weighted by Gasteiger charge is 2.34. The highest BCUT2D eigenvalue weighted by atomic mass is 16.5. The summed E-state index contributed by atoms with van der Waals surface area (Å²) in [5.74, 6) is 1.51. The highest BCUT2D eigenvalue weighted by molar-refractivity contribution is 5.41. The summed E-state index contributed by atoms with van der Waals surface area (Å²) in [5, 5.41) is 9.59. The minimum Gasteiger partial charge on any atom is -0.481 e. The predicted octanol–water partition coefficient (Wildman–Crippen LogP) is 1.23. The van der Waals surface area contributed by atoms with Crippen LogP contribution in [0.15, 0.2) is 12.4 Å². The van der Waals surface area contributed by atoms with Crippen molar-refractivity contribution in [1.29, 1.82) is 0 Å². The maximum Gasteiger partial charge on any atom is 0.218 e. The van der Waals surface area contributed by atoms with E-state index in [-0.39, 0.29) is 6.61 Å². The van der Waals surface area contributed by atoms with E-state index in [9.17, 15) is 5.11 Å². The number of anilines is 1. The van der Waals surface area contributed by atoms with E-state index < -0.39 is 0 Å². The van der Waals surface area contributed by atoms with E-state index in [0.717, 1.165) is 31.9 Å². The smallest absolute Gasteiger partial charge is 0.218 e. The average molecular weight is 364 g/mol. The number of methoxy groups -OCH3 is 1. The van der Waals surface area contributed by atoms with E-state index in [1.807, 2.05) is 6.07 Å². The largest absolute Gasteiger partial charge is 0.481 e. The van der Waals surface area contributed by atoms with Gasteiger partial charge in [0.1, 0.15) is 12.1 Å². The third kappa shape index (κ3) is 4.45. The number of nitrogens with zero attached hydrogens (tertiary/aromatic N) is 5. The Labute approximate surface area is 157 Å². The molecule has 7 heteroatoms. The summed E-state index contributed by atoms with van der Waals surface area (Å²) in [6, 6.07) is 3.52. The van der Waals surface area contributed by atoms with Gasteiger partial charge in [0.15, 0.2) is 0 Å². The number of hydrogen-bond donors (Lipinski definition) is 1. The fourth-order valence-corrected chi connectivity index (χ4v) is 4.31. The first-order chi connectivity index (χ1) is 12.6. The molecule has 2 aliphatic rings. The third-order valence-electron chi connectivity index (χ3n) is 5.85. The first-order valence-corrected chi connectivity index (χ1v) is 9.84. The lowest BCUT2D eigenvalue weighted by atomic mass is 9.97. The van der Waals surface area contributed by atoms with Crippen molar-refractivity contribution in [3.63, 3.8) is 0 Å². The molecule has 146 valence electrons. The fourth-order valence-electron chi connectivity index (χ4n) is 4.31. The molecule has 2 saturated heterocycles. The molecule has 26 heavy (non-hydrogen) atoms. The molecule has 0 amide bonds. The normalized spacial score (nSPS) is 23.6. The van der Waals surface area contributed by atoms with Gasteiger partial charge in [-0.15, -0.1) is 0 Å². The molecule has 0 radical (unpaired) electrons. The summed E-state index contributed by atoms with van der Waals surface area (Å²) >= 11 is 0. The lowest BCUT2D eigenvalue weighted by Crippen LogP contribution is -2.59. The number of aliphatic hydroxyl groups excluding tert-OH is 1. The van der Waals surface area contributed by atoms with Gasteiger partial charge in [0.2, 0.25) is 5.88 Å². The molecule has 0 aromatic carbocycles. The summed E-state index contributed by atoms with van der Waals surface area (Å²) in [6.07, 6.45) is 4.81. The molecule has 7 nitrogen and oxygen atoms in total. The van der Waals surface area contributed by atoms with Crippen molar-refractivity contribution in [2.45, 2.75) is 51.2 Å². The Morgan fingerprint density at radius 1 is 1.19 bits per heavy atom. The van der Waals surface area contributed by atoms with Crippen molar-refractivity contribution in [3.8, 4) is 5.88 Å². The number of aromatic nitrogens is 2. The summed E-state index contributed by atoms with van der Waals surface area (Å²) < 4.78 is 5.23. The van der Waals surface area contributed by atoms with Crippen molar-refractivity contribution in [2.24, 2.45) is 0 Å². The molecule has 2 aliphatic heterocycles. The fraction of sp³-hybridized carbons (Fsp3) is 0.789. The number of rotatable bonds is 6. The predicted molar refractivity (Wildman–Crippen MR) is 103 cm³/mol. The molecule has 3 heterocycles. The summed E-state index contributed by atoms with van der Waals surface area (Å²) in [6.45, 7) is 10.0. The van der Waals surface area contributed by atoms with E-state index in [1.54, 1.807) is 13.4 Å². The van der Waals surface area contributed by atoms with Crippen molar-refractivity contribution < 1.29 is 9.84 Å². The van der Waals surface area contributed by atoms with Gasteiger partial charge >= 0.3 is 0 Å². The Balaban J connectivity index is 1.64. The average Bonchev–Trinajstić information content (AvgIpc) is 2.68. The van der Waals surface area contributed by atoms with Gasteiger partial charge in [0.25, 0.3) is 0 Å².